The summed E-state index contributed by atoms with van der Waals surface area (Å²) in [6.45, 7) is 1.53. The van der Waals surface area contributed by atoms with E-state index in [0.29, 0.717) is 19.7 Å². The first-order valence-electron chi connectivity index (χ1n) is 7.51. The molecule has 3 nitrogen and oxygen atoms in total. The zero-order chi connectivity index (χ0) is 16.2. The summed E-state index contributed by atoms with van der Waals surface area (Å²) in [5.74, 6) is -1.88. The Hall–Kier alpha value is -1.79. The zero-order valence-electron chi connectivity index (χ0n) is 12.5. The lowest BCUT2D eigenvalue weighted by Gasteiger charge is -2.25. The second-order valence-corrected chi connectivity index (χ2v) is 6.59. The quantitative estimate of drug-likeness (QED) is 0.829. The van der Waals surface area contributed by atoms with Gasteiger partial charge in [-0.05, 0) is 36.4 Å². The summed E-state index contributed by atoms with van der Waals surface area (Å²) in [5, 5.41) is 1.94. The number of rotatable bonds is 5. The molecular weight excluding hydrogens is 320 g/mol. The van der Waals surface area contributed by atoms with Crippen LogP contribution >= 0.6 is 11.3 Å². The van der Waals surface area contributed by atoms with E-state index in [0.717, 1.165) is 35.9 Å². The van der Waals surface area contributed by atoms with Crippen LogP contribution in [-0.2, 0) is 11.3 Å². The van der Waals surface area contributed by atoms with Crippen molar-refractivity contribution in [1.29, 1.82) is 0 Å². The first-order valence-corrected chi connectivity index (χ1v) is 8.39. The minimum absolute atomic E-state index is 0.0164. The topological polar surface area (TPSA) is 29.5 Å². The molecule has 1 amide bonds. The second-order valence-electron chi connectivity index (χ2n) is 5.56. The van der Waals surface area contributed by atoms with Gasteiger partial charge in [-0.1, -0.05) is 6.07 Å². The molecule has 122 valence electrons. The molecule has 2 aromatic rings. The molecule has 2 heterocycles. The highest BCUT2D eigenvalue weighted by Crippen LogP contribution is 2.20. The van der Waals surface area contributed by atoms with Crippen molar-refractivity contribution in [3.05, 3.63) is 57.8 Å². The molecule has 0 saturated carbocycles. The largest absolute Gasteiger partial charge is 0.376 e. The molecule has 1 aromatic heterocycles. The Morgan fingerprint density at radius 2 is 2.09 bits per heavy atom. The lowest BCUT2D eigenvalue weighted by atomic mass is 10.1. The third-order valence-corrected chi connectivity index (χ3v) is 4.63. The SMILES string of the molecule is O=C(c1cc(F)cc(F)c1)N(Cc1cccs1)CC1CCCO1. The Balaban J connectivity index is 1.81. The third kappa shape index (κ3) is 4.14. The number of hydrogen-bond acceptors (Lipinski definition) is 3. The van der Waals surface area contributed by atoms with Crippen molar-refractivity contribution in [2.45, 2.75) is 25.5 Å². The van der Waals surface area contributed by atoms with Crippen molar-refractivity contribution in [3.63, 3.8) is 0 Å². The highest BCUT2D eigenvalue weighted by Gasteiger charge is 2.24. The summed E-state index contributed by atoms with van der Waals surface area (Å²) in [5.41, 5.74) is 0.0250. The van der Waals surface area contributed by atoms with E-state index < -0.39 is 11.6 Å². The van der Waals surface area contributed by atoms with E-state index in [9.17, 15) is 13.6 Å². The zero-order valence-corrected chi connectivity index (χ0v) is 13.3. The minimum atomic E-state index is -0.749. The maximum Gasteiger partial charge on any atom is 0.254 e. The third-order valence-electron chi connectivity index (χ3n) is 3.77. The molecule has 1 unspecified atom stereocenters. The number of amides is 1. The Bertz CT molecular complexity index is 649. The molecule has 1 atom stereocenters. The highest BCUT2D eigenvalue weighted by atomic mass is 32.1. The van der Waals surface area contributed by atoms with E-state index >= 15 is 0 Å². The van der Waals surface area contributed by atoms with Crippen LogP contribution in [0.4, 0.5) is 8.78 Å². The monoisotopic (exact) mass is 337 g/mol. The van der Waals surface area contributed by atoms with Gasteiger partial charge in [0, 0.05) is 29.7 Å². The van der Waals surface area contributed by atoms with Gasteiger partial charge in [0.05, 0.1) is 12.6 Å². The summed E-state index contributed by atoms with van der Waals surface area (Å²) < 4.78 is 32.4. The van der Waals surface area contributed by atoms with Gasteiger partial charge in [0.2, 0.25) is 0 Å². The highest BCUT2D eigenvalue weighted by molar-refractivity contribution is 7.09. The van der Waals surface area contributed by atoms with Gasteiger partial charge in [-0.15, -0.1) is 11.3 Å². The Kier molecular flexibility index (Phi) is 5.03. The molecule has 0 spiro atoms. The summed E-state index contributed by atoms with van der Waals surface area (Å²) in [6, 6.07) is 6.76. The molecule has 1 saturated heterocycles. The summed E-state index contributed by atoms with van der Waals surface area (Å²) in [6.07, 6.45) is 1.85. The van der Waals surface area contributed by atoms with Crippen LogP contribution in [0.25, 0.3) is 0 Å². The molecule has 23 heavy (non-hydrogen) atoms. The Morgan fingerprint density at radius 1 is 1.30 bits per heavy atom. The molecule has 1 aromatic carbocycles. The number of ether oxygens (including phenoxy) is 1. The van der Waals surface area contributed by atoms with E-state index in [2.05, 4.69) is 0 Å². The molecule has 1 fully saturated rings. The van der Waals surface area contributed by atoms with Crippen LogP contribution in [0.5, 0.6) is 0 Å². The predicted octanol–water partition coefficient (Wildman–Crippen LogP) is 3.85. The standard InChI is InChI=1S/C17H17F2NO2S/c18-13-7-12(8-14(19)9-13)17(21)20(10-15-3-1-5-22-15)11-16-4-2-6-23-16/h2,4,6-9,15H,1,3,5,10-11H2. The van der Waals surface area contributed by atoms with Crippen molar-refractivity contribution in [1.82, 2.24) is 4.90 Å². The fourth-order valence-corrected chi connectivity index (χ4v) is 3.42. The van der Waals surface area contributed by atoms with Crippen LogP contribution in [0.2, 0.25) is 0 Å². The molecule has 0 bridgehead atoms. The molecule has 0 radical (unpaired) electrons. The lowest BCUT2D eigenvalue weighted by molar-refractivity contribution is 0.0509. The van der Waals surface area contributed by atoms with Crippen molar-refractivity contribution in [2.75, 3.05) is 13.2 Å². The van der Waals surface area contributed by atoms with E-state index in [4.69, 9.17) is 4.74 Å². The molecule has 1 aliphatic heterocycles. The number of halogens is 2. The van der Waals surface area contributed by atoms with E-state index in [1.165, 1.54) is 0 Å². The fraction of sp³-hybridized carbons (Fsp3) is 0.353. The first kappa shape index (κ1) is 16.1. The molecular formula is C17H17F2NO2S. The van der Waals surface area contributed by atoms with Crippen molar-refractivity contribution < 1.29 is 18.3 Å². The number of benzene rings is 1. The molecule has 3 rings (SSSR count). The average molecular weight is 337 g/mol. The smallest absolute Gasteiger partial charge is 0.254 e. The lowest BCUT2D eigenvalue weighted by Crippen LogP contribution is -2.36. The van der Waals surface area contributed by atoms with Gasteiger partial charge >= 0.3 is 0 Å². The van der Waals surface area contributed by atoms with E-state index in [-0.39, 0.29) is 17.6 Å². The Morgan fingerprint density at radius 3 is 2.70 bits per heavy atom. The summed E-state index contributed by atoms with van der Waals surface area (Å²) >= 11 is 1.55. The van der Waals surface area contributed by atoms with Crippen LogP contribution in [0.15, 0.2) is 35.7 Å². The van der Waals surface area contributed by atoms with E-state index in [1.807, 2.05) is 17.5 Å². The van der Waals surface area contributed by atoms with Gasteiger partial charge in [0.1, 0.15) is 11.6 Å². The van der Waals surface area contributed by atoms with Crippen molar-refractivity contribution >= 4 is 17.2 Å². The minimum Gasteiger partial charge on any atom is -0.376 e. The molecule has 0 aliphatic carbocycles. The maximum atomic E-state index is 13.4. The van der Waals surface area contributed by atoms with E-state index in [1.54, 1.807) is 16.2 Å². The van der Waals surface area contributed by atoms with Crippen molar-refractivity contribution in [2.24, 2.45) is 0 Å². The van der Waals surface area contributed by atoms with Crippen LogP contribution in [0, 0.1) is 11.6 Å². The van der Waals surface area contributed by atoms with Gasteiger partial charge in [-0.25, -0.2) is 8.78 Å². The normalized spacial score (nSPS) is 17.4. The summed E-state index contributed by atoms with van der Waals surface area (Å²) in [7, 11) is 0. The van der Waals surface area contributed by atoms with Crippen molar-refractivity contribution in [3.8, 4) is 0 Å². The van der Waals surface area contributed by atoms with Gasteiger partial charge in [0.15, 0.2) is 0 Å². The number of carbonyl (C=O) groups is 1. The first-order chi connectivity index (χ1) is 11.1. The maximum absolute atomic E-state index is 13.4. The predicted molar refractivity (Wildman–Crippen MR) is 84.4 cm³/mol. The van der Waals surface area contributed by atoms with Crippen LogP contribution in [0.3, 0.4) is 0 Å². The van der Waals surface area contributed by atoms with Crippen LogP contribution in [-0.4, -0.2) is 30.1 Å². The number of nitrogens with zero attached hydrogens (tertiary/aromatic N) is 1. The molecule has 0 N–H and O–H groups in total. The average Bonchev–Trinajstić information content (AvgIpc) is 3.18. The molecule has 6 heteroatoms. The van der Waals surface area contributed by atoms with Crippen LogP contribution < -0.4 is 0 Å². The van der Waals surface area contributed by atoms with Gasteiger partial charge < -0.3 is 9.64 Å². The Labute approximate surface area is 137 Å². The number of hydrogen-bond donors (Lipinski definition) is 0. The number of carbonyl (C=O) groups excluding carboxylic acids is 1. The fourth-order valence-electron chi connectivity index (χ4n) is 2.70. The summed E-state index contributed by atoms with van der Waals surface area (Å²) in [4.78, 5) is 15.3. The van der Waals surface area contributed by atoms with Gasteiger partial charge in [0.25, 0.3) is 5.91 Å². The molecule has 1 aliphatic rings. The second kappa shape index (κ2) is 7.19. The number of thiophene rings is 1. The van der Waals surface area contributed by atoms with Crippen LogP contribution in [0.1, 0.15) is 28.1 Å². The van der Waals surface area contributed by atoms with Gasteiger partial charge in [-0.3, -0.25) is 4.79 Å². The van der Waals surface area contributed by atoms with Gasteiger partial charge in [-0.2, -0.15) is 0 Å².